The highest BCUT2D eigenvalue weighted by Crippen LogP contribution is 2.32. The number of halogens is 1. The van der Waals surface area contributed by atoms with Gasteiger partial charge < -0.3 is 4.90 Å². The van der Waals surface area contributed by atoms with E-state index in [1.807, 2.05) is 31.2 Å². The molecule has 1 heterocycles. The molecule has 0 aromatic heterocycles. The fraction of sp³-hybridized carbons (Fsp3) is 0.278. The van der Waals surface area contributed by atoms with Crippen molar-refractivity contribution in [3.8, 4) is 0 Å². The van der Waals surface area contributed by atoms with Gasteiger partial charge in [-0.15, -0.1) is 0 Å². The van der Waals surface area contributed by atoms with Crippen molar-refractivity contribution in [2.24, 2.45) is 0 Å². The van der Waals surface area contributed by atoms with E-state index in [4.69, 9.17) is 11.6 Å². The lowest BCUT2D eigenvalue weighted by atomic mass is 10.1. The Bertz CT molecular complexity index is 897. The Morgan fingerprint density at radius 2 is 1.84 bits per heavy atom. The summed E-state index contributed by atoms with van der Waals surface area (Å²) in [6.07, 6.45) is 0.773. The number of nitrogens with zero attached hydrogens (tertiary/aromatic N) is 2. The number of sulfonamides is 1. The number of carbonyl (C=O) groups excluding carboxylic acids is 1. The van der Waals surface area contributed by atoms with Crippen LogP contribution in [0.15, 0.2) is 53.4 Å². The van der Waals surface area contributed by atoms with E-state index >= 15 is 0 Å². The molecule has 1 aliphatic heterocycles. The fourth-order valence-corrected chi connectivity index (χ4v) is 4.33. The Labute approximate surface area is 152 Å². The molecule has 0 unspecified atom stereocenters. The van der Waals surface area contributed by atoms with E-state index in [2.05, 4.69) is 0 Å². The first-order valence-corrected chi connectivity index (χ1v) is 9.74. The second kappa shape index (κ2) is 6.78. The van der Waals surface area contributed by atoms with Gasteiger partial charge in [0.2, 0.25) is 15.9 Å². The van der Waals surface area contributed by atoms with Gasteiger partial charge in [-0.25, -0.2) is 8.42 Å². The number of para-hydroxylation sites is 1. The Kier molecular flexibility index (Phi) is 4.86. The molecule has 1 aliphatic rings. The van der Waals surface area contributed by atoms with Crippen LogP contribution in [0.4, 0.5) is 5.69 Å². The first kappa shape index (κ1) is 17.9. The summed E-state index contributed by atoms with van der Waals surface area (Å²) in [6.45, 7) is 1.75. The number of benzene rings is 2. The van der Waals surface area contributed by atoms with Crippen molar-refractivity contribution < 1.29 is 13.2 Å². The summed E-state index contributed by atoms with van der Waals surface area (Å²) in [4.78, 5) is 14.6. The summed E-state index contributed by atoms with van der Waals surface area (Å²) in [5.74, 6) is -0.238. The number of fused-ring (bicyclic) bond motifs is 1. The lowest BCUT2D eigenvalue weighted by Gasteiger charge is -2.25. The molecule has 0 fully saturated rings. The van der Waals surface area contributed by atoms with Crippen molar-refractivity contribution >= 4 is 33.2 Å². The number of hydrogen-bond acceptors (Lipinski definition) is 3. The topological polar surface area (TPSA) is 57.7 Å². The summed E-state index contributed by atoms with van der Waals surface area (Å²) < 4.78 is 26.3. The molecule has 3 rings (SSSR count). The van der Waals surface area contributed by atoms with Gasteiger partial charge in [0.05, 0.1) is 11.4 Å². The van der Waals surface area contributed by atoms with Crippen LogP contribution >= 0.6 is 11.6 Å². The van der Waals surface area contributed by atoms with Gasteiger partial charge in [0.15, 0.2) is 0 Å². The number of carbonyl (C=O) groups is 1. The van der Waals surface area contributed by atoms with Crippen LogP contribution < -0.4 is 4.90 Å². The van der Waals surface area contributed by atoms with Crippen LogP contribution in [0.2, 0.25) is 5.02 Å². The first-order chi connectivity index (χ1) is 11.8. The molecule has 25 heavy (non-hydrogen) atoms. The van der Waals surface area contributed by atoms with Crippen molar-refractivity contribution in [1.29, 1.82) is 0 Å². The number of anilines is 1. The molecular formula is C18H19ClN2O3S. The van der Waals surface area contributed by atoms with Gasteiger partial charge in [-0.1, -0.05) is 29.8 Å². The van der Waals surface area contributed by atoms with Crippen molar-refractivity contribution in [3.05, 3.63) is 59.1 Å². The highest BCUT2D eigenvalue weighted by molar-refractivity contribution is 7.89. The van der Waals surface area contributed by atoms with Gasteiger partial charge in [0.1, 0.15) is 0 Å². The molecule has 132 valence electrons. The average Bonchev–Trinajstić information content (AvgIpc) is 2.90. The zero-order valence-electron chi connectivity index (χ0n) is 14.0. The minimum atomic E-state index is -3.75. The third-order valence-electron chi connectivity index (χ3n) is 4.36. The zero-order chi connectivity index (χ0) is 18.2. The third-order valence-corrected chi connectivity index (χ3v) is 6.43. The largest absolute Gasteiger partial charge is 0.308 e. The summed E-state index contributed by atoms with van der Waals surface area (Å²) in [6, 6.07) is 13.6. The Balaban J connectivity index is 1.80. The number of rotatable bonds is 4. The van der Waals surface area contributed by atoms with Crippen LogP contribution in [0.3, 0.4) is 0 Å². The first-order valence-electron chi connectivity index (χ1n) is 7.92. The van der Waals surface area contributed by atoms with Gasteiger partial charge in [0.25, 0.3) is 0 Å². The van der Waals surface area contributed by atoms with Gasteiger partial charge in [-0.05, 0) is 49.2 Å². The maximum atomic E-state index is 12.8. The van der Waals surface area contributed by atoms with E-state index in [-0.39, 0.29) is 23.4 Å². The van der Waals surface area contributed by atoms with Crippen LogP contribution in [-0.2, 0) is 21.2 Å². The van der Waals surface area contributed by atoms with Gasteiger partial charge in [-0.2, -0.15) is 4.31 Å². The van der Waals surface area contributed by atoms with E-state index < -0.39 is 10.0 Å². The summed E-state index contributed by atoms with van der Waals surface area (Å²) in [5.41, 5.74) is 1.96. The highest BCUT2D eigenvalue weighted by Gasteiger charge is 2.33. The lowest BCUT2D eigenvalue weighted by Crippen LogP contribution is -2.43. The number of hydrogen-bond donors (Lipinski definition) is 0. The SMILES string of the molecule is C[C@@H]1Cc2ccccc2N1C(=O)CN(C)S(=O)(=O)c1ccc(Cl)cc1. The minimum absolute atomic E-state index is 0.0107. The van der Waals surface area contributed by atoms with E-state index in [0.29, 0.717) is 5.02 Å². The molecule has 2 aromatic carbocycles. The maximum Gasteiger partial charge on any atom is 0.243 e. The second-order valence-corrected chi connectivity index (χ2v) is 8.64. The second-order valence-electron chi connectivity index (χ2n) is 6.16. The molecule has 1 amide bonds. The molecule has 5 nitrogen and oxygen atoms in total. The van der Waals surface area contributed by atoms with Gasteiger partial charge in [-0.3, -0.25) is 4.79 Å². The molecule has 0 spiro atoms. The molecular weight excluding hydrogens is 360 g/mol. The summed E-state index contributed by atoms with van der Waals surface area (Å²) >= 11 is 5.81. The Morgan fingerprint density at radius 3 is 2.52 bits per heavy atom. The van der Waals surface area contributed by atoms with Crippen LogP contribution in [0.5, 0.6) is 0 Å². The molecule has 0 aliphatic carbocycles. The van der Waals surface area contributed by atoms with Crippen molar-refractivity contribution in [1.82, 2.24) is 4.31 Å². The molecule has 0 saturated heterocycles. The molecule has 2 aromatic rings. The van der Waals surface area contributed by atoms with Gasteiger partial charge >= 0.3 is 0 Å². The van der Waals surface area contributed by atoms with Crippen LogP contribution in [-0.4, -0.2) is 38.3 Å². The Morgan fingerprint density at radius 1 is 1.20 bits per heavy atom. The molecule has 0 radical (unpaired) electrons. The average molecular weight is 379 g/mol. The van der Waals surface area contributed by atoms with Crippen LogP contribution in [0.25, 0.3) is 0 Å². The maximum absolute atomic E-state index is 12.8. The van der Waals surface area contributed by atoms with E-state index in [1.54, 1.807) is 4.90 Å². The molecule has 0 bridgehead atoms. The summed E-state index contributed by atoms with van der Waals surface area (Å²) in [7, 11) is -2.34. The van der Waals surface area contributed by atoms with Crippen LogP contribution in [0, 0.1) is 0 Å². The van der Waals surface area contributed by atoms with Crippen molar-refractivity contribution in [3.63, 3.8) is 0 Å². The standard InChI is InChI=1S/C18H19ClN2O3S/c1-13-11-14-5-3-4-6-17(14)21(13)18(22)12-20(2)25(23,24)16-9-7-15(19)8-10-16/h3-10,13H,11-12H2,1-2H3/t13-/m1/s1. The summed E-state index contributed by atoms with van der Waals surface area (Å²) in [5, 5.41) is 0.458. The predicted molar refractivity (Wildman–Crippen MR) is 98.4 cm³/mol. The predicted octanol–water partition coefficient (Wildman–Crippen LogP) is 2.94. The van der Waals surface area contributed by atoms with E-state index in [9.17, 15) is 13.2 Å². The lowest BCUT2D eigenvalue weighted by molar-refractivity contribution is -0.118. The molecule has 1 atom stereocenters. The minimum Gasteiger partial charge on any atom is -0.308 e. The highest BCUT2D eigenvalue weighted by atomic mass is 35.5. The smallest absolute Gasteiger partial charge is 0.243 e. The Hall–Kier alpha value is -1.89. The zero-order valence-corrected chi connectivity index (χ0v) is 15.6. The molecule has 7 heteroatoms. The molecule has 0 saturated carbocycles. The number of likely N-dealkylation sites (N-methyl/N-ethyl adjacent to an activating group) is 1. The van der Waals surface area contributed by atoms with E-state index in [1.165, 1.54) is 31.3 Å². The van der Waals surface area contributed by atoms with Crippen molar-refractivity contribution in [2.45, 2.75) is 24.3 Å². The van der Waals surface area contributed by atoms with E-state index in [0.717, 1.165) is 22.0 Å². The quantitative estimate of drug-likeness (QED) is 0.821. The fourth-order valence-electron chi connectivity index (χ4n) is 3.08. The molecule has 0 N–H and O–H groups in total. The van der Waals surface area contributed by atoms with Crippen molar-refractivity contribution in [2.75, 3.05) is 18.5 Å². The number of amides is 1. The normalized spacial score (nSPS) is 17.0. The third kappa shape index (κ3) is 3.42. The monoisotopic (exact) mass is 378 g/mol. The van der Waals surface area contributed by atoms with Gasteiger partial charge in [0, 0.05) is 23.8 Å². The van der Waals surface area contributed by atoms with Crippen LogP contribution in [0.1, 0.15) is 12.5 Å².